The number of rotatable bonds is 2. The van der Waals surface area contributed by atoms with Gasteiger partial charge in [0.1, 0.15) is 5.69 Å². The van der Waals surface area contributed by atoms with E-state index in [-0.39, 0.29) is 5.95 Å². The molecule has 0 fully saturated rings. The summed E-state index contributed by atoms with van der Waals surface area (Å²) in [6.07, 6.45) is 1.60. The van der Waals surface area contributed by atoms with E-state index in [9.17, 15) is 4.79 Å². The normalized spacial score (nSPS) is 9.93. The van der Waals surface area contributed by atoms with Crippen molar-refractivity contribution in [3.63, 3.8) is 0 Å². The molecule has 0 aromatic carbocycles. The molecule has 2 aromatic heterocycles. The van der Waals surface area contributed by atoms with E-state index in [4.69, 9.17) is 5.84 Å². The summed E-state index contributed by atoms with van der Waals surface area (Å²) >= 11 is 0. The van der Waals surface area contributed by atoms with Gasteiger partial charge in [-0.3, -0.25) is 15.4 Å². The number of nitrogen functional groups attached to an aromatic ring is 1. The van der Waals surface area contributed by atoms with Crippen LogP contribution in [0.2, 0.25) is 0 Å². The van der Waals surface area contributed by atoms with Crippen LogP contribution in [0.5, 0.6) is 0 Å². The maximum absolute atomic E-state index is 11.1. The smallest absolute Gasteiger partial charge is 0.292 e. The Morgan fingerprint density at radius 3 is 2.87 bits per heavy atom. The highest BCUT2D eigenvalue weighted by molar-refractivity contribution is 5.49. The summed E-state index contributed by atoms with van der Waals surface area (Å²) in [5.41, 5.74) is 2.23. The maximum Gasteiger partial charge on any atom is 0.349 e. The molecule has 2 rings (SSSR count). The lowest BCUT2D eigenvalue weighted by atomic mass is 10.3. The lowest BCUT2D eigenvalue weighted by molar-refractivity contribution is 0.977. The van der Waals surface area contributed by atoms with Gasteiger partial charge in [0.25, 0.3) is 0 Å². The van der Waals surface area contributed by atoms with Gasteiger partial charge in [0.2, 0.25) is 5.95 Å². The number of hydrazine groups is 1. The van der Waals surface area contributed by atoms with Crippen LogP contribution in [0.25, 0.3) is 11.5 Å². The minimum atomic E-state index is -0.529. The minimum absolute atomic E-state index is 0.0550. The molecule has 2 aromatic rings. The fraction of sp³-hybridized carbons (Fsp3) is 0. The van der Waals surface area contributed by atoms with Crippen LogP contribution in [0.1, 0.15) is 0 Å². The van der Waals surface area contributed by atoms with Crippen LogP contribution in [-0.2, 0) is 0 Å². The molecule has 7 nitrogen and oxygen atoms in total. The zero-order valence-electron chi connectivity index (χ0n) is 7.64. The van der Waals surface area contributed by atoms with E-state index in [0.29, 0.717) is 11.5 Å². The molecule has 0 saturated heterocycles. The van der Waals surface area contributed by atoms with Crippen LogP contribution in [0.4, 0.5) is 5.95 Å². The van der Waals surface area contributed by atoms with Gasteiger partial charge in [-0.1, -0.05) is 6.07 Å². The molecule has 4 N–H and O–H groups in total. The number of hydrogen-bond donors (Lipinski definition) is 3. The molecule has 0 aliphatic rings. The molecule has 0 amide bonds. The Morgan fingerprint density at radius 1 is 1.33 bits per heavy atom. The lowest BCUT2D eigenvalue weighted by Crippen LogP contribution is -2.19. The molecule has 0 bridgehead atoms. The fourth-order valence-electron chi connectivity index (χ4n) is 1.07. The highest BCUT2D eigenvalue weighted by Crippen LogP contribution is 2.08. The Balaban J connectivity index is 2.54. The van der Waals surface area contributed by atoms with E-state index in [1.54, 1.807) is 24.4 Å². The molecule has 0 radical (unpaired) electrons. The number of hydrogen-bond acceptors (Lipinski definition) is 6. The molecule has 7 heteroatoms. The van der Waals surface area contributed by atoms with Crippen molar-refractivity contribution in [1.29, 1.82) is 0 Å². The summed E-state index contributed by atoms with van der Waals surface area (Å²) in [6.45, 7) is 0. The predicted octanol–water partition coefficient (Wildman–Crippen LogP) is -0.487. The van der Waals surface area contributed by atoms with Gasteiger partial charge in [0.05, 0.1) is 0 Å². The Morgan fingerprint density at radius 2 is 2.20 bits per heavy atom. The number of aromatic nitrogens is 4. The molecular formula is C8H8N6O. The Hall–Kier alpha value is -2.28. The van der Waals surface area contributed by atoms with Gasteiger partial charge < -0.3 is 0 Å². The summed E-state index contributed by atoms with van der Waals surface area (Å²) in [4.78, 5) is 25.1. The number of aromatic amines is 1. The molecule has 0 spiro atoms. The number of nitrogens with two attached hydrogens (primary N) is 1. The van der Waals surface area contributed by atoms with E-state index in [0.717, 1.165) is 0 Å². The highest BCUT2D eigenvalue weighted by atomic mass is 16.1. The quantitative estimate of drug-likeness (QED) is 0.450. The number of H-pyrrole nitrogens is 1. The second-order valence-electron chi connectivity index (χ2n) is 2.69. The predicted molar refractivity (Wildman–Crippen MR) is 53.7 cm³/mol. The van der Waals surface area contributed by atoms with Gasteiger partial charge in [-0.15, -0.1) is 0 Å². The third-order valence-electron chi connectivity index (χ3n) is 1.69. The van der Waals surface area contributed by atoms with Crippen molar-refractivity contribution in [3.05, 3.63) is 34.9 Å². The van der Waals surface area contributed by atoms with Crippen molar-refractivity contribution in [3.8, 4) is 11.5 Å². The lowest BCUT2D eigenvalue weighted by Gasteiger charge is -2.00. The topological polar surface area (TPSA) is 110 Å². The molecule has 15 heavy (non-hydrogen) atoms. The third kappa shape index (κ3) is 1.97. The van der Waals surface area contributed by atoms with Crippen molar-refractivity contribution in [1.82, 2.24) is 19.9 Å². The van der Waals surface area contributed by atoms with Gasteiger partial charge in [-0.05, 0) is 12.1 Å². The molecular weight excluding hydrogens is 196 g/mol. The van der Waals surface area contributed by atoms with Gasteiger partial charge >= 0.3 is 5.69 Å². The number of anilines is 1. The molecule has 0 aliphatic heterocycles. The van der Waals surface area contributed by atoms with E-state index in [1.165, 1.54) is 0 Å². The van der Waals surface area contributed by atoms with Gasteiger partial charge in [-0.25, -0.2) is 10.6 Å². The second-order valence-corrected chi connectivity index (χ2v) is 2.69. The van der Waals surface area contributed by atoms with Crippen LogP contribution in [0, 0.1) is 0 Å². The van der Waals surface area contributed by atoms with E-state index >= 15 is 0 Å². The van der Waals surface area contributed by atoms with Crippen molar-refractivity contribution in [2.45, 2.75) is 0 Å². The standard InChI is InChI=1S/C8H8N6O/c9-14-7-11-6(12-8(15)13-7)5-3-1-2-4-10-5/h1-4H,9H2,(H2,11,12,13,14,15). The summed E-state index contributed by atoms with van der Waals surface area (Å²) in [7, 11) is 0. The summed E-state index contributed by atoms with van der Waals surface area (Å²) < 4.78 is 0. The zero-order chi connectivity index (χ0) is 10.7. The second kappa shape index (κ2) is 3.84. The number of nitrogens with one attached hydrogen (secondary N) is 2. The molecule has 0 unspecified atom stereocenters. The third-order valence-corrected chi connectivity index (χ3v) is 1.69. The van der Waals surface area contributed by atoms with Crippen LogP contribution in [-0.4, -0.2) is 19.9 Å². The van der Waals surface area contributed by atoms with Crippen molar-refractivity contribution < 1.29 is 0 Å². The van der Waals surface area contributed by atoms with E-state index in [2.05, 4.69) is 25.4 Å². The van der Waals surface area contributed by atoms with Crippen molar-refractivity contribution in [2.75, 3.05) is 5.43 Å². The van der Waals surface area contributed by atoms with Gasteiger partial charge in [0.15, 0.2) is 5.82 Å². The van der Waals surface area contributed by atoms with Crippen LogP contribution in [0.3, 0.4) is 0 Å². The highest BCUT2D eigenvalue weighted by Gasteiger charge is 2.04. The summed E-state index contributed by atoms with van der Waals surface area (Å²) in [6, 6.07) is 5.28. The number of nitrogens with zero attached hydrogens (tertiary/aromatic N) is 3. The van der Waals surface area contributed by atoms with Crippen molar-refractivity contribution >= 4 is 5.95 Å². The van der Waals surface area contributed by atoms with E-state index < -0.39 is 5.69 Å². The van der Waals surface area contributed by atoms with Crippen LogP contribution >= 0.6 is 0 Å². The number of pyridine rings is 1. The molecule has 0 saturated carbocycles. The van der Waals surface area contributed by atoms with Gasteiger partial charge in [0, 0.05) is 6.20 Å². The van der Waals surface area contributed by atoms with Crippen LogP contribution < -0.4 is 17.0 Å². The Kier molecular flexibility index (Phi) is 2.38. The average molecular weight is 204 g/mol. The molecule has 0 aliphatic carbocycles. The first-order valence-corrected chi connectivity index (χ1v) is 4.16. The van der Waals surface area contributed by atoms with E-state index in [1.807, 2.05) is 0 Å². The first-order valence-electron chi connectivity index (χ1n) is 4.16. The molecule has 0 atom stereocenters. The fourth-order valence-corrected chi connectivity index (χ4v) is 1.07. The average Bonchev–Trinajstić information content (AvgIpc) is 2.29. The minimum Gasteiger partial charge on any atom is -0.292 e. The first kappa shape index (κ1) is 9.28. The summed E-state index contributed by atoms with van der Waals surface area (Å²) in [5, 5.41) is 0. The first-order chi connectivity index (χ1) is 7.29. The summed E-state index contributed by atoms with van der Waals surface area (Å²) in [5.74, 6) is 5.50. The van der Waals surface area contributed by atoms with Crippen LogP contribution in [0.15, 0.2) is 29.2 Å². The Labute approximate surface area is 84.4 Å². The zero-order valence-corrected chi connectivity index (χ0v) is 7.64. The Bertz CT molecular complexity index is 508. The molecule has 76 valence electrons. The SMILES string of the molecule is NNc1nc(-c2ccccn2)[nH]c(=O)n1. The maximum atomic E-state index is 11.1. The van der Waals surface area contributed by atoms with Gasteiger partial charge in [-0.2, -0.15) is 9.97 Å². The van der Waals surface area contributed by atoms with Crippen molar-refractivity contribution in [2.24, 2.45) is 5.84 Å². The largest absolute Gasteiger partial charge is 0.349 e. The molecule has 2 heterocycles. The monoisotopic (exact) mass is 204 g/mol.